The van der Waals surface area contributed by atoms with Crippen LogP contribution in [0.5, 0.6) is 5.75 Å². The van der Waals surface area contributed by atoms with Gasteiger partial charge in [0.2, 0.25) is 0 Å². The number of benzene rings is 2. The molecule has 0 bridgehead atoms. The maximum Gasteiger partial charge on any atom is 0.289 e. The Bertz CT molecular complexity index is 994. The summed E-state index contributed by atoms with van der Waals surface area (Å²) in [5.41, 5.74) is 2.32. The first-order chi connectivity index (χ1) is 14.6. The number of halogens is 1. The molecule has 2 aromatic carbocycles. The summed E-state index contributed by atoms with van der Waals surface area (Å²) in [4.78, 5) is 16.9. The lowest BCUT2D eigenvalue weighted by Crippen LogP contribution is -2.27. The molecule has 1 fully saturated rings. The van der Waals surface area contributed by atoms with Crippen LogP contribution in [0.25, 0.3) is 0 Å². The number of anilines is 1. The van der Waals surface area contributed by atoms with Crippen LogP contribution in [0.3, 0.4) is 0 Å². The highest BCUT2D eigenvalue weighted by atomic mass is 19.1. The zero-order valence-electron chi connectivity index (χ0n) is 17.0. The number of rotatable bonds is 7. The number of para-hydroxylation sites is 1. The second kappa shape index (κ2) is 9.03. The van der Waals surface area contributed by atoms with Crippen molar-refractivity contribution in [2.45, 2.75) is 26.0 Å². The lowest BCUT2D eigenvalue weighted by atomic mass is 10.1. The third-order valence-corrected chi connectivity index (χ3v) is 5.26. The number of carbonyl (C=O) groups excluding carboxylic acids is 1. The number of furan rings is 1. The van der Waals surface area contributed by atoms with Gasteiger partial charge in [-0.25, -0.2) is 4.39 Å². The molecule has 1 saturated heterocycles. The van der Waals surface area contributed by atoms with E-state index in [2.05, 4.69) is 17.0 Å². The fourth-order valence-electron chi connectivity index (χ4n) is 3.68. The zero-order chi connectivity index (χ0) is 20.9. The number of hydrogen-bond donors (Lipinski definition) is 0. The Labute approximate surface area is 175 Å². The average molecular weight is 408 g/mol. The van der Waals surface area contributed by atoms with Gasteiger partial charge in [0, 0.05) is 32.4 Å². The van der Waals surface area contributed by atoms with Crippen LogP contribution in [0, 0.1) is 5.82 Å². The molecular weight excluding hydrogens is 383 g/mol. The van der Waals surface area contributed by atoms with Crippen molar-refractivity contribution in [3.05, 3.63) is 83.6 Å². The molecule has 0 unspecified atom stereocenters. The van der Waals surface area contributed by atoms with Gasteiger partial charge in [0.25, 0.3) is 5.91 Å². The number of ether oxygens (including phenoxy) is 1. The lowest BCUT2D eigenvalue weighted by molar-refractivity contribution is 0.0749. The van der Waals surface area contributed by atoms with E-state index >= 15 is 0 Å². The Hall–Kier alpha value is -3.28. The first-order valence-electron chi connectivity index (χ1n) is 10.2. The van der Waals surface area contributed by atoms with Crippen LogP contribution in [0.4, 0.5) is 10.1 Å². The first-order valence-corrected chi connectivity index (χ1v) is 10.2. The summed E-state index contributed by atoms with van der Waals surface area (Å²) in [6.07, 6.45) is 2.41. The Balaban J connectivity index is 1.38. The van der Waals surface area contributed by atoms with Crippen molar-refractivity contribution < 1.29 is 18.3 Å². The maximum atomic E-state index is 13.0. The highest BCUT2D eigenvalue weighted by Crippen LogP contribution is 2.26. The molecule has 6 heteroatoms. The third-order valence-electron chi connectivity index (χ3n) is 5.26. The van der Waals surface area contributed by atoms with Crippen molar-refractivity contribution in [3.63, 3.8) is 0 Å². The first kappa shape index (κ1) is 20.0. The summed E-state index contributed by atoms with van der Waals surface area (Å²) < 4.78 is 24.2. The number of amides is 1. The molecule has 0 spiro atoms. The summed E-state index contributed by atoms with van der Waals surface area (Å²) in [6, 6.07) is 17.4. The van der Waals surface area contributed by atoms with E-state index in [9.17, 15) is 9.18 Å². The van der Waals surface area contributed by atoms with Crippen molar-refractivity contribution in [3.8, 4) is 5.75 Å². The summed E-state index contributed by atoms with van der Waals surface area (Å²) in [5, 5.41) is 0. The Morgan fingerprint density at radius 1 is 1.07 bits per heavy atom. The predicted molar refractivity (Wildman–Crippen MR) is 113 cm³/mol. The summed E-state index contributed by atoms with van der Waals surface area (Å²) in [7, 11) is 1.78. The van der Waals surface area contributed by atoms with Gasteiger partial charge < -0.3 is 19.0 Å². The molecular formula is C24H25FN2O3. The van der Waals surface area contributed by atoms with Crippen LogP contribution in [-0.2, 0) is 13.2 Å². The normalized spacial score (nSPS) is 13.5. The second-order valence-corrected chi connectivity index (χ2v) is 7.49. The van der Waals surface area contributed by atoms with E-state index in [1.807, 2.05) is 12.1 Å². The highest BCUT2D eigenvalue weighted by Gasteiger charge is 2.20. The van der Waals surface area contributed by atoms with Crippen LogP contribution >= 0.6 is 0 Å². The molecule has 1 aliphatic heterocycles. The molecule has 4 rings (SSSR count). The monoisotopic (exact) mass is 408 g/mol. The summed E-state index contributed by atoms with van der Waals surface area (Å²) >= 11 is 0. The maximum absolute atomic E-state index is 13.0. The van der Waals surface area contributed by atoms with Crippen molar-refractivity contribution in [1.82, 2.24) is 4.90 Å². The molecule has 0 radical (unpaired) electrons. The van der Waals surface area contributed by atoms with E-state index in [-0.39, 0.29) is 24.1 Å². The molecule has 2 heterocycles. The molecule has 1 amide bonds. The second-order valence-electron chi connectivity index (χ2n) is 7.49. The summed E-state index contributed by atoms with van der Waals surface area (Å²) in [5.74, 6) is 0.848. The van der Waals surface area contributed by atoms with E-state index < -0.39 is 0 Å². The van der Waals surface area contributed by atoms with Gasteiger partial charge >= 0.3 is 0 Å². The molecule has 0 saturated carbocycles. The van der Waals surface area contributed by atoms with Gasteiger partial charge in [-0.15, -0.1) is 0 Å². The molecule has 5 nitrogen and oxygen atoms in total. The van der Waals surface area contributed by atoms with Gasteiger partial charge in [0.15, 0.2) is 5.76 Å². The van der Waals surface area contributed by atoms with Gasteiger partial charge in [-0.3, -0.25) is 4.79 Å². The van der Waals surface area contributed by atoms with E-state index in [1.54, 1.807) is 36.2 Å². The van der Waals surface area contributed by atoms with Crippen LogP contribution < -0.4 is 9.64 Å². The molecule has 1 aliphatic rings. The number of nitrogens with zero attached hydrogens (tertiary/aromatic N) is 2. The molecule has 0 aliphatic carbocycles. The number of hydrogen-bond acceptors (Lipinski definition) is 4. The smallest absolute Gasteiger partial charge is 0.289 e. The van der Waals surface area contributed by atoms with Crippen molar-refractivity contribution >= 4 is 11.6 Å². The molecule has 0 atom stereocenters. The van der Waals surface area contributed by atoms with Gasteiger partial charge in [-0.2, -0.15) is 0 Å². The van der Waals surface area contributed by atoms with Gasteiger partial charge in [0.1, 0.15) is 23.9 Å². The Morgan fingerprint density at radius 3 is 2.57 bits per heavy atom. The Morgan fingerprint density at radius 2 is 1.80 bits per heavy atom. The van der Waals surface area contributed by atoms with E-state index in [1.165, 1.54) is 30.7 Å². The fraction of sp³-hybridized carbons (Fsp3) is 0.292. The quantitative estimate of drug-likeness (QED) is 0.560. The molecule has 156 valence electrons. The average Bonchev–Trinajstić information content (AvgIpc) is 3.45. The lowest BCUT2D eigenvalue weighted by Gasteiger charge is -2.24. The Kier molecular flexibility index (Phi) is 6.02. The fourth-order valence-corrected chi connectivity index (χ4v) is 3.68. The van der Waals surface area contributed by atoms with Gasteiger partial charge in [-0.1, -0.05) is 18.2 Å². The van der Waals surface area contributed by atoms with Gasteiger partial charge in [-0.05, 0) is 60.9 Å². The van der Waals surface area contributed by atoms with Crippen LogP contribution in [0.1, 0.15) is 34.7 Å². The van der Waals surface area contributed by atoms with Crippen molar-refractivity contribution in [2.24, 2.45) is 0 Å². The largest absolute Gasteiger partial charge is 0.486 e. The molecule has 0 N–H and O–H groups in total. The minimum absolute atomic E-state index is 0.167. The zero-order valence-corrected chi connectivity index (χ0v) is 17.0. The SMILES string of the molecule is CN(Cc1ccccc1N1CCCC1)C(=O)c1ccc(COc2ccc(F)cc2)o1. The van der Waals surface area contributed by atoms with Crippen molar-refractivity contribution in [2.75, 3.05) is 25.0 Å². The summed E-state index contributed by atoms with van der Waals surface area (Å²) in [6.45, 7) is 2.79. The van der Waals surface area contributed by atoms with Crippen molar-refractivity contribution in [1.29, 1.82) is 0 Å². The van der Waals surface area contributed by atoms with Crippen LogP contribution in [0.2, 0.25) is 0 Å². The van der Waals surface area contributed by atoms with Gasteiger partial charge in [0.05, 0.1) is 0 Å². The highest BCUT2D eigenvalue weighted by molar-refractivity contribution is 5.91. The van der Waals surface area contributed by atoms with E-state index in [0.29, 0.717) is 18.1 Å². The minimum atomic E-state index is -0.317. The minimum Gasteiger partial charge on any atom is -0.486 e. The van der Waals surface area contributed by atoms with Crippen LogP contribution in [0.15, 0.2) is 65.1 Å². The topological polar surface area (TPSA) is 45.9 Å². The molecule has 1 aromatic heterocycles. The standard InChI is InChI=1S/C24H25FN2O3/c1-26(16-18-6-2-3-7-22(18)27-14-4-5-15-27)24(28)23-13-12-21(30-23)17-29-20-10-8-19(25)9-11-20/h2-3,6-13H,4-5,14-17H2,1H3. The van der Waals surface area contributed by atoms with E-state index in [4.69, 9.17) is 9.15 Å². The molecule has 30 heavy (non-hydrogen) atoms. The van der Waals surface area contributed by atoms with Crippen LogP contribution in [-0.4, -0.2) is 30.9 Å². The third kappa shape index (κ3) is 4.64. The molecule has 3 aromatic rings. The number of carbonyl (C=O) groups is 1. The van der Waals surface area contributed by atoms with E-state index in [0.717, 1.165) is 18.7 Å². The predicted octanol–water partition coefficient (Wildman–Crippen LogP) is 4.87.